The molecule has 14 heavy (non-hydrogen) atoms. The van der Waals surface area contributed by atoms with Crippen LogP contribution in [0.2, 0.25) is 5.02 Å². The van der Waals surface area contributed by atoms with Crippen LogP contribution in [0.3, 0.4) is 0 Å². The Hall–Kier alpha value is -0.450. The number of halogens is 5. The second-order valence-corrected chi connectivity index (χ2v) is 2.97. The highest BCUT2D eigenvalue weighted by Gasteiger charge is 2.33. The van der Waals surface area contributed by atoms with Gasteiger partial charge in [0.2, 0.25) is 0 Å². The normalized spacial score (nSPS) is 10.9. The first kappa shape index (κ1) is 13.5. The van der Waals surface area contributed by atoms with E-state index < -0.39 is 11.7 Å². The van der Waals surface area contributed by atoms with Crippen molar-refractivity contribution in [3.05, 3.63) is 34.3 Å². The molecule has 0 aliphatic rings. The molecule has 0 heterocycles. The monoisotopic (exact) mass is 245 g/mol. The van der Waals surface area contributed by atoms with Crippen molar-refractivity contribution in [3.8, 4) is 0 Å². The number of hydrogen-bond acceptors (Lipinski definition) is 0. The minimum atomic E-state index is -4.39. The second kappa shape index (κ2) is 4.87. The third kappa shape index (κ3) is 3.04. The molecule has 6 heteroatoms. The van der Waals surface area contributed by atoms with Crippen LogP contribution in [-0.2, 0) is 12.7 Å². The predicted molar refractivity (Wildman–Crippen MR) is 43.0 cm³/mol. The Morgan fingerprint density at radius 2 is 1.86 bits per heavy atom. The maximum absolute atomic E-state index is 12.3. The molecule has 80 valence electrons. The highest BCUT2D eigenvalue weighted by atomic mass is 35.5. The number of hydrogen-bond donors (Lipinski definition) is 1. The summed E-state index contributed by atoms with van der Waals surface area (Å²) in [5.74, 6) is 0. The lowest BCUT2D eigenvalue weighted by Gasteiger charge is -2.09. The summed E-state index contributed by atoms with van der Waals surface area (Å²) in [6.07, 6.45) is -4.39. The molecule has 0 unspecified atom stereocenters. The van der Waals surface area contributed by atoms with E-state index in [2.05, 4.69) is 5.73 Å². The van der Waals surface area contributed by atoms with E-state index in [1.807, 2.05) is 0 Å². The maximum Gasteiger partial charge on any atom is 0.417 e. The Morgan fingerprint density at radius 3 is 2.29 bits per heavy atom. The van der Waals surface area contributed by atoms with Gasteiger partial charge in [-0.25, -0.2) is 0 Å². The third-order valence-electron chi connectivity index (χ3n) is 1.62. The van der Waals surface area contributed by atoms with E-state index in [1.54, 1.807) is 0 Å². The average molecular weight is 246 g/mol. The van der Waals surface area contributed by atoms with Crippen LogP contribution < -0.4 is 18.1 Å². The molecule has 0 bridgehead atoms. The number of benzene rings is 1. The number of alkyl halides is 3. The zero-order valence-corrected chi connectivity index (χ0v) is 8.55. The quantitative estimate of drug-likeness (QED) is 0.665. The first-order chi connectivity index (χ1) is 5.95. The van der Waals surface area contributed by atoms with Crippen molar-refractivity contribution in [3.63, 3.8) is 0 Å². The summed E-state index contributed by atoms with van der Waals surface area (Å²) in [7, 11) is 0. The van der Waals surface area contributed by atoms with E-state index in [0.29, 0.717) is 12.1 Å². The van der Waals surface area contributed by atoms with Gasteiger partial charge >= 0.3 is 6.18 Å². The van der Waals surface area contributed by atoms with Crippen LogP contribution in [0.1, 0.15) is 11.1 Å². The molecule has 1 aromatic carbocycles. The van der Waals surface area contributed by atoms with Gasteiger partial charge in [-0.3, -0.25) is 0 Å². The first-order valence-electron chi connectivity index (χ1n) is 3.60. The van der Waals surface area contributed by atoms with Gasteiger partial charge < -0.3 is 18.1 Å². The van der Waals surface area contributed by atoms with Crippen LogP contribution in [0.4, 0.5) is 13.2 Å². The molecular formula is C8H8Cl2F3N. The van der Waals surface area contributed by atoms with Crippen molar-refractivity contribution >= 4 is 11.6 Å². The Labute approximate surface area is 90.5 Å². The summed E-state index contributed by atoms with van der Waals surface area (Å²) in [5.41, 5.74) is 3.23. The minimum Gasteiger partial charge on any atom is -1.00 e. The van der Waals surface area contributed by atoms with Gasteiger partial charge in [0.05, 0.1) is 17.1 Å². The minimum absolute atomic E-state index is 0. The summed E-state index contributed by atoms with van der Waals surface area (Å²) in [6.45, 7) is 0.320. The summed E-state index contributed by atoms with van der Waals surface area (Å²) in [5, 5.41) is -0.273. The predicted octanol–water partition coefficient (Wildman–Crippen LogP) is -0.895. The Balaban J connectivity index is 0.00000169. The Morgan fingerprint density at radius 1 is 1.29 bits per heavy atom. The molecule has 0 amide bonds. The molecule has 0 aliphatic carbocycles. The van der Waals surface area contributed by atoms with E-state index in [4.69, 9.17) is 11.6 Å². The van der Waals surface area contributed by atoms with Crippen molar-refractivity contribution in [2.24, 2.45) is 0 Å². The highest BCUT2D eigenvalue weighted by Crippen LogP contribution is 2.34. The van der Waals surface area contributed by atoms with E-state index in [0.717, 1.165) is 6.07 Å². The van der Waals surface area contributed by atoms with Crippen LogP contribution in [0.15, 0.2) is 18.2 Å². The fourth-order valence-electron chi connectivity index (χ4n) is 0.945. The van der Waals surface area contributed by atoms with Gasteiger partial charge in [0.1, 0.15) is 0 Å². The number of quaternary nitrogens is 1. The van der Waals surface area contributed by atoms with Gasteiger partial charge in [0.25, 0.3) is 0 Å². The van der Waals surface area contributed by atoms with Gasteiger partial charge in [-0.05, 0) is 12.1 Å². The van der Waals surface area contributed by atoms with Gasteiger partial charge in [-0.1, -0.05) is 17.7 Å². The topological polar surface area (TPSA) is 27.6 Å². The van der Waals surface area contributed by atoms with Crippen LogP contribution in [-0.4, -0.2) is 0 Å². The van der Waals surface area contributed by atoms with E-state index in [1.165, 1.54) is 12.1 Å². The van der Waals surface area contributed by atoms with Crippen LogP contribution in [0, 0.1) is 0 Å². The Kier molecular flexibility index (Phi) is 4.71. The largest absolute Gasteiger partial charge is 1.00 e. The number of rotatable bonds is 1. The standard InChI is InChI=1S/C8H7ClF3N.ClH/c9-7-2-1-5(4-13)3-6(7)8(10,11)12;/h1-3H,4,13H2;1H. The molecule has 1 nitrogen and oxygen atoms in total. The zero-order valence-electron chi connectivity index (χ0n) is 7.04. The lowest BCUT2D eigenvalue weighted by molar-refractivity contribution is -0.386. The van der Waals surface area contributed by atoms with E-state index >= 15 is 0 Å². The van der Waals surface area contributed by atoms with Gasteiger partial charge in [-0.15, -0.1) is 0 Å². The van der Waals surface area contributed by atoms with Gasteiger partial charge in [0, 0.05) is 5.56 Å². The van der Waals surface area contributed by atoms with Crippen molar-refractivity contribution < 1.29 is 31.3 Å². The zero-order chi connectivity index (χ0) is 10.1. The lowest BCUT2D eigenvalue weighted by Crippen LogP contribution is -3.00. The highest BCUT2D eigenvalue weighted by molar-refractivity contribution is 6.31. The molecule has 3 N–H and O–H groups in total. The van der Waals surface area contributed by atoms with E-state index in [-0.39, 0.29) is 17.4 Å². The second-order valence-electron chi connectivity index (χ2n) is 2.56. The summed E-state index contributed by atoms with van der Waals surface area (Å²) >= 11 is 5.40. The van der Waals surface area contributed by atoms with Crippen LogP contribution in [0.25, 0.3) is 0 Å². The van der Waals surface area contributed by atoms with E-state index in [9.17, 15) is 13.2 Å². The molecule has 0 spiro atoms. The van der Waals surface area contributed by atoms with Crippen molar-refractivity contribution in [1.29, 1.82) is 0 Å². The molecule has 0 radical (unpaired) electrons. The molecule has 0 aromatic heterocycles. The first-order valence-corrected chi connectivity index (χ1v) is 3.98. The molecule has 1 aromatic rings. The summed E-state index contributed by atoms with van der Waals surface area (Å²) in [6, 6.07) is 3.80. The van der Waals surface area contributed by atoms with Crippen molar-refractivity contribution in [2.75, 3.05) is 0 Å². The van der Waals surface area contributed by atoms with Gasteiger partial charge in [-0.2, -0.15) is 13.2 Å². The van der Waals surface area contributed by atoms with Crippen LogP contribution in [0.5, 0.6) is 0 Å². The lowest BCUT2D eigenvalue weighted by atomic mass is 10.1. The summed E-state index contributed by atoms with van der Waals surface area (Å²) < 4.78 is 36.8. The van der Waals surface area contributed by atoms with Crippen molar-refractivity contribution in [1.82, 2.24) is 0 Å². The molecule has 0 saturated carbocycles. The fraction of sp³-hybridized carbons (Fsp3) is 0.250. The molecule has 0 aliphatic heterocycles. The fourth-order valence-corrected chi connectivity index (χ4v) is 1.17. The van der Waals surface area contributed by atoms with Crippen molar-refractivity contribution in [2.45, 2.75) is 12.7 Å². The SMILES string of the molecule is [Cl-].[NH3+]Cc1ccc(Cl)c(C(F)(F)F)c1. The third-order valence-corrected chi connectivity index (χ3v) is 1.95. The molecule has 0 fully saturated rings. The molecule has 0 atom stereocenters. The maximum atomic E-state index is 12.3. The molecule has 1 rings (SSSR count). The Bertz CT molecular complexity index is 312. The molecule has 0 saturated heterocycles. The van der Waals surface area contributed by atoms with Gasteiger partial charge in [0.15, 0.2) is 0 Å². The average Bonchev–Trinajstić information content (AvgIpc) is 2.03. The smallest absolute Gasteiger partial charge is 0.417 e. The molecular weight excluding hydrogens is 238 g/mol. The van der Waals surface area contributed by atoms with Crippen LogP contribution >= 0.6 is 11.6 Å². The summed E-state index contributed by atoms with van der Waals surface area (Å²) in [4.78, 5) is 0.